The summed E-state index contributed by atoms with van der Waals surface area (Å²) in [7, 11) is 0. The molecular weight excluding hydrogens is 223 g/mol. The molecule has 1 heterocycles. The maximum atomic E-state index is 13.2. The molecule has 4 nitrogen and oxygen atoms in total. The zero-order valence-electron chi connectivity index (χ0n) is 9.45. The van der Waals surface area contributed by atoms with Crippen LogP contribution in [-0.4, -0.2) is 11.1 Å². The Bertz CT molecular complexity index is 563. The van der Waals surface area contributed by atoms with Crippen molar-refractivity contribution >= 4 is 11.6 Å². The van der Waals surface area contributed by atoms with Crippen LogP contribution in [0.1, 0.15) is 21.8 Å². The van der Waals surface area contributed by atoms with E-state index in [0.29, 0.717) is 16.9 Å². The number of rotatable bonds is 2. The van der Waals surface area contributed by atoms with Crippen LogP contribution < -0.4 is 5.32 Å². The van der Waals surface area contributed by atoms with Crippen LogP contribution in [-0.2, 0) is 0 Å². The lowest BCUT2D eigenvalue weighted by Crippen LogP contribution is -2.11. The third-order valence-corrected chi connectivity index (χ3v) is 2.28. The average molecular weight is 234 g/mol. The summed E-state index contributed by atoms with van der Waals surface area (Å²) in [5, 5.41) is 6.13. The fraction of sp³-hybridized carbons (Fsp3) is 0.167. The summed E-state index contributed by atoms with van der Waals surface area (Å²) in [4.78, 5) is 11.7. The quantitative estimate of drug-likeness (QED) is 0.869. The first kappa shape index (κ1) is 11.3. The van der Waals surface area contributed by atoms with E-state index < -0.39 is 5.91 Å². The van der Waals surface area contributed by atoms with E-state index in [9.17, 15) is 9.18 Å². The number of hydrogen-bond donors (Lipinski definition) is 1. The number of halogens is 1. The summed E-state index contributed by atoms with van der Waals surface area (Å²) in [5.41, 5.74) is 1.52. The fourth-order valence-electron chi connectivity index (χ4n) is 1.33. The summed E-state index contributed by atoms with van der Waals surface area (Å²) < 4.78 is 18.0. The number of nitrogens with zero attached hydrogens (tertiary/aromatic N) is 1. The number of anilines is 1. The van der Waals surface area contributed by atoms with E-state index in [0.717, 1.165) is 0 Å². The van der Waals surface area contributed by atoms with Crippen molar-refractivity contribution < 1.29 is 13.7 Å². The van der Waals surface area contributed by atoms with Gasteiger partial charge in [0.2, 0.25) is 5.76 Å². The predicted molar refractivity (Wildman–Crippen MR) is 60.3 cm³/mol. The van der Waals surface area contributed by atoms with E-state index in [1.54, 1.807) is 26.0 Å². The second-order valence-electron chi connectivity index (χ2n) is 3.75. The van der Waals surface area contributed by atoms with Gasteiger partial charge in [0.25, 0.3) is 5.91 Å². The first-order valence-corrected chi connectivity index (χ1v) is 5.07. The minimum absolute atomic E-state index is 0.100. The Kier molecular flexibility index (Phi) is 2.91. The van der Waals surface area contributed by atoms with Gasteiger partial charge in [-0.2, -0.15) is 0 Å². The van der Waals surface area contributed by atoms with Crippen LogP contribution in [0.5, 0.6) is 0 Å². The number of hydrogen-bond acceptors (Lipinski definition) is 3. The van der Waals surface area contributed by atoms with Gasteiger partial charge in [0.05, 0.1) is 5.69 Å². The van der Waals surface area contributed by atoms with E-state index in [1.807, 2.05) is 0 Å². The summed E-state index contributed by atoms with van der Waals surface area (Å²) in [6.07, 6.45) is 0. The zero-order chi connectivity index (χ0) is 12.4. The molecule has 0 saturated heterocycles. The van der Waals surface area contributed by atoms with Gasteiger partial charge in [-0.3, -0.25) is 4.79 Å². The Labute approximate surface area is 97.4 Å². The molecule has 0 unspecified atom stereocenters. The highest BCUT2D eigenvalue weighted by Crippen LogP contribution is 2.14. The van der Waals surface area contributed by atoms with Gasteiger partial charge in [-0.15, -0.1) is 0 Å². The third kappa shape index (κ3) is 2.50. The summed E-state index contributed by atoms with van der Waals surface area (Å²) in [5.74, 6) is -0.714. The largest absolute Gasteiger partial charge is 0.351 e. The molecule has 0 atom stereocenters. The van der Waals surface area contributed by atoms with Crippen LogP contribution in [0.25, 0.3) is 0 Å². The van der Waals surface area contributed by atoms with Crippen molar-refractivity contribution in [3.8, 4) is 0 Å². The molecule has 1 aromatic heterocycles. The van der Waals surface area contributed by atoms with Gasteiger partial charge < -0.3 is 9.84 Å². The summed E-state index contributed by atoms with van der Waals surface area (Å²) >= 11 is 0. The van der Waals surface area contributed by atoms with Crippen LogP contribution >= 0.6 is 0 Å². The maximum absolute atomic E-state index is 13.2. The van der Waals surface area contributed by atoms with E-state index in [-0.39, 0.29) is 11.6 Å². The zero-order valence-corrected chi connectivity index (χ0v) is 9.45. The second kappa shape index (κ2) is 4.37. The summed E-state index contributed by atoms with van der Waals surface area (Å²) in [6, 6.07) is 5.99. The first-order chi connectivity index (χ1) is 8.06. The van der Waals surface area contributed by atoms with E-state index >= 15 is 0 Å². The smallest absolute Gasteiger partial charge is 0.294 e. The molecule has 0 aliphatic carbocycles. The minimum Gasteiger partial charge on any atom is -0.351 e. The number of aromatic nitrogens is 1. The van der Waals surface area contributed by atoms with Crippen LogP contribution in [0.2, 0.25) is 0 Å². The number of nitrogens with one attached hydrogen (secondary N) is 1. The molecule has 0 aliphatic rings. The highest BCUT2D eigenvalue weighted by Gasteiger charge is 2.12. The number of amides is 1. The lowest BCUT2D eigenvalue weighted by Gasteiger charge is -2.03. The topological polar surface area (TPSA) is 55.1 Å². The Morgan fingerprint density at radius 3 is 2.71 bits per heavy atom. The van der Waals surface area contributed by atoms with Gasteiger partial charge >= 0.3 is 0 Å². The van der Waals surface area contributed by atoms with E-state index in [2.05, 4.69) is 10.5 Å². The second-order valence-corrected chi connectivity index (χ2v) is 3.75. The predicted octanol–water partition coefficient (Wildman–Crippen LogP) is 2.68. The van der Waals surface area contributed by atoms with Gasteiger partial charge in [0.1, 0.15) is 5.82 Å². The van der Waals surface area contributed by atoms with E-state index in [4.69, 9.17) is 4.52 Å². The van der Waals surface area contributed by atoms with Crippen molar-refractivity contribution in [2.75, 3.05) is 5.32 Å². The Morgan fingerprint density at radius 1 is 1.35 bits per heavy atom. The molecule has 2 aromatic rings. The Balaban J connectivity index is 2.15. The lowest BCUT2D eigenvalue weighted by atomic mass is 10.2. The fourth-order valence-corrected chi connectivity index (χ4v) is 1.33. The third-order valence-electron chi connectivity index (χ3n) is 2.28. The van der Waals surface area contributed by atoms with Crippen molar-refractivity contribution in [1.82, 2.24) is 5.16 Å². The van der Waals surface area contributed by atoms with Crippen molar-refractivity contribution in [3.05, 3.63) is 47.1 Å². The Hall–Kier alpha value is -2.17. The minimum atomic E-state index is -0.450. The van der Waals surface area contributed by atoms with Crippen molar-refractivity contribution in [2.45, 2.75) is 13.8 Å². The highest BCUT2D eigenvalue weighted by atomic mass is 19.1. The molecule has 88 valence electrons. The molecule has 0 bridgehead atoms. The highest BCUT2D eigenvalue weighted by molar-refractivity contribution is 6.02. The van der Waals surface area contributed by atoms with Gasteiger partial charge in [0, 0.05) is 11.8 Å². The van der Waals surface area contributed by atoms with Gasteiger partial charge in [0.15, 0.2) is 0 Å². The monoisotopic (exact) mass is 234 g/mol. The standard InChI is InChI=1S/C12H11FN2O2/c1-7-3-4-9(6-10(7)13)14-12(16)11-5-8(2)15-17-11/h3-6H,1-2H3,(H,14,16). The van der Waals surface area contributed by atoms with Crippen LogP contribution in [0.3, 0.4) is 0 Å². The number of carbonyl (C=O) groups excluding carboxylic acids is 1. The molecule has 0 spiro atoms. The molecular formula is C12H11FN2O2. The summed E-state index contributed by atoms with van der Waals surface area (Å²) in [6.45, 7) is 3.37. The molecule has 1 aromatic carbocycles. The molecule has 0 radical (unpaired) electrons. The normalized spacial score (nSPS) is 10.3. The number of aryl methyl sites for hydroxylation is 2. The maximum Gasteiger partial charge on any atom is 0.294 e. The van der Waals surface area contributed by atoms with Gasteiger partial charge in [-0.05, 0) is 31.5 Å². The SMILES string of the molecule is Cc1cc(C(=O)Nc2ccc(C)c(F)c2)on1. The number of benzene rings is 1. The average Bonchev–Trinajstić information content (AvgIpc) is 2.70. The molecule has 17 heavy (non-hydrogen) atoms. The molecule has 0 fully saturated rings. The van der Waals surface area contributed by atoms with Gasteiger partial charge in [-0.1, -0.05) is 11.2 Å². The molecule has 0 saturated carbocycles. The first-order valence-electron chi connectivity index (χ1n) is 5.07. The van der Waals surface area contributed by atoms with Crippen molar-refractivity contribution in [3.63, 3.8) is 0 Å². The number of carbonyl (C=O) groups is 1. The molecule has 1 N–H and O–H groups in total. The van der Waals surface area contributed by atoms with Crippen molar-refractivity contribution in [2.24, 2.45) is 0 Å². The van der Waals surface area contributed by atoms with Crippen LogP contribution in [0.4, 0.5) is 10.1 Å². The Morgan fingerprint density at radius 2 is 2.12 bits per heavy atom. The van der Waals surface area contributed by atoms with Crippen molar-refractivity contribution in [1.29, 1.82) is 0 Å². The molecule has 0 aliphatic heterocycles. The van der Waals surface area contributed by atoms with Crippen LogP contribution in [0, 0.1) is 19.7 Å². The van der Waals surface area contributed by atoms with E-state index in [1.165, 1.54) is 12.1 Å². The van der Waals surface area contributed by atoms with Crippen LogP contribution in [0.15, 0.2) is 28.8 Å². The molecule has 5 heteroatoms. The lowest BCUT2D eigenvalue weighted by molar-refractivity contribution is 0.0988. The van der Waals surface area contributed by atoms with Gasteiger partial charge in [-0.25, -0.2) is 4.39 Å². The molecule has 1 amide bonds. The molecule has 2 rings (SSSR count).